The number of benzene rings is 1. The third-order valence-electron chi connectivity index (χ3n) is 7.71. The predicted molar refractivity (Wildman–Crippen MR) is 129 cm³/mol. The number of likely N-dealkylation sites (tertiary alicyclic amines) is 1. The van der Waals surface area contributed by atoms with Gasteiger partial charge in [-0.1, -0.05) is 26.7 Å². The molecule has 4 rings (SSSR count). The van der Waals surface area contributed by atoms with Gasteiger partial charge in [-0.2, -0.15) is 0 Å². The summed E-state index contributed by atoms with van der Waals surface area (Å²) in [5.74, 6) is 0.0481. The number of halogens is 1. The summed E-state index contributed by atoms with van der Waals surface area (Å²) in [5.41, 5.74) is 1.44. The highest BCUT2D eigenvalue weighted by molar-refractivity contribution is 5.91. The van der Waals surface area contributed by atoms with Crippen molar-refractivity contribution in [2.45, 2.75) is 76.3 Å². The van der Waals surface area contributed by atoms with Crippen molar-refractivity contribution < 1.29 is 23.5 Å². The largest absolute Gasteiger partial charge is 0.452 e. The lowest BCUT2D eigenvalue weighted by Gasteiger charge is -2.43. The van der Waals surface area contributed by atoms with Gasteiger partial charge < -0.3 is 19.7 Å². The van der Waals surface area contributed by atoms with Crippen molar-refractivity contribution in [3.63, 3.8) is 0 Å². The van der Waals surface area contributed by atoms with Gasteiger partial charge in [0.1, 0.15) is 5.82 Å². The van der Waals surface area contributed by atoms with E-state index in [9.17, 15) is 14.0 Å². The van der Waals surface area contributed by atoms with E-state index in [4.69, 9.17) is 9.47 Å². The van der Waals surface area contributed by atoms with Crippen molar-refractivity contribution in [2.24, 2.45) is 5.92 Å². The van der Waals surface area contributed by atoms with E-state index in [0.717, 1.165) is 69.3 Å². The van der Waals surface area contributed by atoms with Crippen LogP contribution in [0.3, 0.4) is 0 Å². The van der Waals surface area contributed by atoms with Gasteiger partial charge in [0, 0.05) is 24.0 Å². The molecule has 2 atom stereocenters. The average molecular weight is 476 g/mol. The molecule has 1 N–H and O–H groups in total. The lowest BCUT2D eigenvalue weighted by Crippen LogP contribution is -2.50. The number of anilines is 1. The van der Waals surface area contributed by atoms with E-state index in [1.165, 1.54) is 13.2 Å². The van der Waals surface area contributed by atoms with Crippen LogP contribution in [0.1, 0.15) is 64.4 Å². The van der Waals surface area contributed by atoms with Crippen LogP contribution in [0.2, 0.25) is 0 Å². The molecule has 1 aromatic rings. The molecule has 0 bridgehead atoms. The van der Waals surface area contributed by atoms with Gasteiger partial charge in [0.05, 0.1) is 19.4 Å². The van der Waals surface area contributed by atoms with E-state index in [-0.39, 0.29) is 23.4 Å². The standard InChI is InChI=1S/C26H38FN3O4/c1-18(2)16-34-24(31)28-20-6-4-5-7-21(15-20)29-12-10-26(11-13-29)17-30(25(32)33-3)23-9-8-19(27)14-22(23)26/h8-9,14,18,20-21H,4-7,10-13,15-17H2,1-3H3,(H,28,31). The highest BCUT2D eigenvalue weighted by atomic mass is 19.1. The molecule has 2 unspecified atom stereocenters. The predicted octanol–water partition coefficient (Wildman–Crippen LogP) is 4.83. The highest BCUT2D eigenvalue weighted by Crippen LogP contribution is 2.48. The molecular formula is C26H38FN3O4. The minimum absolute atomic E-state index is 0.124. The first-order valence-corrected chi connectivity index (χ1v) is 12.6. The van der Waals surface area contributed by atoms with Gasteiger partial charge in [-0.3, -0.25) is 4.90 Å². The summed E-state index contributed by atoms with van der Waals surface area (Å²) in [4.78, 5) is 28.8. The Kier molecular flexibility index (Phi) is 7.65. The fraction of sp³-hybridized carbons (Fsp3) is 0.692. The molecule has 1 saturated carbocycles. The van der Waals surface area contributed by atoms with Crippen LogP contribution < -0.4 is 10.2 Å². The maximum absolute atomic E-state index is 14.2. The smallest absolute Gasteiger partial charge is 0.414 e. The van der Waals surface area contributed by atoms with Gasteiger partial charge in [0.2, 0.25) is 0 Å². The van der Waals surface area contributed by atoms with Crippen LogP contribution in [0.25, 0.3) is 0 Å². The number of alkyl carbamates (subject to hydrolysis) is 1. The highest BCUT2D eigenvalue weighted by Gasteiger charge is 2.47. The zero-order chi connectivity index (χ0) is 24.3. The van der Waals surface area contributed by atoms with Gasteiger partial charge in [0.15, 0.2) is 0 Å². The molecule has 3 aliphatic rings. The van der Waals surface area contributed by atoms with Crippen LogP contribution in [0, 0.1) is 11.7 Å². The lowest BCUT2D eigenvalue weighted by atomic mass is 9.74. The van der Waals surface area contributed by atoms with Crippen LogP contribution in [-0.2, 0) is 14.9 Å². The van der Waals surface area contributed by atoms with Crippen molar-refractivity contribution in [1.82, 2.24) is 10.2 Å². The number of methoxy groups -OCH3 is 1. The number of piperidine rings is 1. The monoisotopic (exact) mass is 475 g/mol. The van der Waals surface area contributed by atoms with Gasteiger partial charge in [-0.15, -0.1) is 0 Å². The van der Waals surface area contributed by atoms with Crippen LogP contribution in [-0.4, -0.2) is 62.5 Å². The number of nitrogens with zero attached hydrogens (tertiary/aromatic N) is 2. The first-order chi connectivity index (χ1) is 16.3. The first kappa shape index (κ1) is 24.8. The number of hydrogen-bond donors (Lipinski definition) is 1. The van der Waals surface area contributed by atoms with E-state index in [1.807, 2.05) is 13.8 Å². The molecule has 8 heteroatoms. The van der Waals surface area contributed by atoms with Crippen LogP contribution in [0.5, 0.6) is 0 Å². The second kappa shape index (κ2) is 10.5. The summed E-state index contributed by atoms with van der Waals surface area (Å²) in [6, 6.07) is 5.23. The second-order valence-corrected chi connectivity index (χ2v) is 10.5. The number of hydrogen-bond acceptors (Lipinski definition) is 5. The van der Waals surface area contributed by atoms with Crippen molar-refractivity contribution >= 4 is 17.9 Å². The average Bonchev–Trinajstić information content (AvgIpc) is 2.96. The molecule has 2 amide bonds. The van der Waals surface area contributed by atoms with Gasteiger partial charge >= 0.3 is 12.2 Å². The number of amides is 2. The van der Waals surface area contributed by atoms with Gasteiger partial charge in [-0.25, -0.2) is 14.0 Å². The minimum atomic E-state index is -0.394. The summed E-state index contributed by atoms with van der Waals surface area (Å²) < 4.78 is 24.5. The molecule has 188 valence electrons. The maximum Gasteiger partial charge on any atom is 0.414 e. The van der Waals surface area contributed by atoms with E-state index in [2.05, 4.69) is 10.2 Å². The third kappa shape index (κ3) is 5.32. The van der Waals surface area contributed by atoms with Crippen molar-refractivity contribution in [2.75, 3.05) is 38.3 Å². The topological polar surface area (TPSA) is 71.1 Å². The number of fused-ring (bicyclic) bond motifs is 2. The quantitative estimate of drug-likeness (QED) is 0.632. The molecule has 2 heterocycles. The molecule has 34 heavy (non-hydrogen) atoms. The number of carbonyl (C=O) groups excluding carboxylic acids is 2. The molecule has 0 radical (unpaired) electrons. The summed E-state index contributed by atoms with van der Waals surface area (Å²) in [6.07, 6.45) is 6.28. The molecule has 1 spiro atoms. The Labute approximate surface area is 201 Å². The van der Waals surface area contributed by atoms with Crippen LogP contribution >= 0.6 is 0 Å². The summed E-state index contributed by atoms with van der Waals surface area (Å²) in [5, 5.41) is 3.09. The normalized spacial score (nSPS) is 24.6. The Hall–Kier alpha value is -2.35. The lowest BCUT2D eigenvalue weighted by molar-refractivity contribution is 0.100. The number of rotatable bonds is 4. The number of carbonyl (C=O) groups is 2. The van der Waals surface area contributed by atoms with Crippen LogP contribution in [0.15, 0.2) is 18.2 Å². The van der Waals surface area contributed by atoms with Crippen molar-refractivity contribution in [1.29, 1.82) is 0 Å². The second-order valence-electron chi connectivity index (χ2n) is 10.5. The van der Waals surface area contributed by atoms with E-state index in [0.29, 0.717) is 25.1 Å². The van der Waals surface area contributed by atoms with E-state index >= 15 is 0 Å². The Balaban J connectivity index is 1.40. The van der Waals surface area contributed by atoms with Crippen LogP contribution in [0.4, 0.5) is 19.7 Å². The van der Waals surface area contributed by atoms with Crippen molar-refractivity contribution in [3.05, 3.63) is 29.6 Å². The fourth-order valence-electron chi connectivity index (χ4n) is 5.91. The molecular weight excluding hydrogens is 437 g/mol. The zero-order valence-corrected chi connectivity index (χ0v) is 20.6. The Morgan fingerprint density at radius 2 is 1.94 bits per heavy atom. The first-order valence-electron chi connectivity index (χ1n) is 12.6. The SMILES string of the molecule is COC(=O)N1CC2(CCN(C3CCCCC(NC(=O)OCC(C)C)C3)CC2)c2cc(F)ccc21. The molecule has 1 aliphatic carbocycles. The summed E-state index contributed by atoms with van der Waals surface area (Å²) in [6.45, 7) is 6.79. The third-order valence-corrected chi connectivity index (χ3v) is 7.71. The van der Waals surface area contributed by atoms with Gasteiger partial charge in [-0.05, 0) is 74.9 Å². The van der Waals surface area contributed by atoms with E-state index in [1.54, 1.807) is 17.0 Å². The Bertz CT molecular complexity index is 885. The maximum atomic E-state index is 14.2. The number of nitrogens with one attached hydrogen (secondary N) is 1. The van der Waals surface area contributed by atoms with Gasteiger partial charge in [0.25, 0.3) is 0 Å². The summed E-state index contributed by atoms with van der Waals surface area (Å²) >= 11 is 0. The Morgan fingerprint density at radius 3 is 2.65 bits per heavy atom. The molecule has 1 saturated heterocycles. The molecule has 0 aromatic heterocycles. The molecule has 7 nitrogen and oxygen atoms in total. The van der Waals surface area contributed by atoms with Crippen molar-refractivity contribution in [3.8, 4) is 0 Å². The summed E-state index contributed by atoms with van der Waals surface area (Å²) in [7, 11) is 1.38. The molecule has 2 fully saturated rings. The Morgan fingerprint density at radius 1 is 1.21 bits per heavy atom. The fourth-order valence-corrected chi connectivity index (χ4v) is 5.91. The molecule has 2 aliphatic heterocycles. The minimum Gasteiger partial charge on any atom is -0.452 e. The number of ether oxygens (including phenoxy) is 2. The molecule has 1 aromatic carbocycles. The zero-order valence-electron chi connectivity index (χ0n) is 20.6. The van der Waals surface area contributed by atoms with E-state index < -0.39 is 6.09 Å².